The lowest BCUT2D eigenvalue weighted by molar-refractivity contribution is 0.0719. The number of fused-ring (bicyclic) bond motifs is 1. The molecule has 4 heteroatoms. The van der Waals surface area contributed by atoms with Gasteiger partial charge in [0, 0.05) is 32.4 Å². The van der Waals surface area contributed by atoms with Crippen molar-refractivity contribution in [1.29, 1.82) is 0 Å². The molecule has 0 aliphatic carbocycles. The van der Waals surface area contributed by atoms with Crippen LogP contribution in [0.1, 0.15) is 11.1 Å². The number of nitrogens with one attached hydrogen (secondary N) is 2. The molecule has 1 aliphatic rings. The summed E-state index contributed by atoms with van der Waals surface area (Å²) in [6.07, 6.45) is 1.14. The molecule has 0 amide bonds. The van der Waals surface area contributed by atoms with Crippen molar-refractivity contribution in [2.75, 3.05) is 45.3 Å². The normalized spacial score (nSPS) is 13.4. The molecule has 4 nitrogen and oxygen atoms in total. The molecule has 1 aromatic rings. The van der Waals surface area contributed by atoms with Gasteiger partial charge in [0.05, 0.1) is 19.8 Å². The Morgan fingerprint density at radius 1 is 1.28 bits per heavy atom. The number of ether oxygens (including phenoxy) is 2. The summed E-state index contributed by atoms with van der Waals surface area (Å²) < 4.78 is 10.3. The van der Waals surface area contributed by atoms with Gasteiger partial charge in [-0.05, 0) is 17.5 Å². The Labute approximate surface area is 109 Å². The minimum Gasteiger partial charge on any atom is -0.384 e. The molecule has 1 heterocycles. The minimum absolute atomic E-state index is 0.663. The molecule has 0 atom stereocenters. The van der Waals surface area contributed by atoms with Crippen LogP contribution in [0.4, 0.5) is 5.69 Å². The molecule has 100 valence electrons. The van der Waals surface area contributed by atoms with Gasteiger partial charge in [-0.3, -0.25) is 0 Å². The van der Waals surface area contributed by atoms with Crippen molar-refractivity contribution in [3.8, 4) is 0 Å². The molecule has 0 saturated carbocycles. The molecule has 1 aromatic carbocycles. The Balaban J connectivity index is 1.66. The molecule has 0 aromatic heterocycles. The first-order chi connectivity index (χ1) is 8.92. The van der Waals surface area contributed by atoms with Gasteiger partial charge in [-0.1, -0.05) is 18.2 Å². The van der Waals surface area contributed by atoms with Gasteiger partial charge in [-0.2, -0.15) is 0 Å². The van der Waals surface area contributed by atoms with Crippen LogP contribution in [0.2, 0.25) is 0 Å². The van der Waals surface area contributed by atoms with E-state index in [-0.39, 0.29) is 0 Å². The van der Waals surface area contributed by atoms with Gasteiger partial charge >= 0.3 is 0 Å². The van der Waals surface area contributed by atoms with Gasteiger partial charge in [0.15, 0.2) is 0 Å². The molecule has 0 fully saturated rings. The van der Waals surface area contributed by atoms with Crippen LogP contribution in [0.5, 0.6) is 0 Å². The Morgan fingerprint density at radius 2 is 2.22 bits per heavy atom. The molecular formula is C14H22N2O2. The van der Waals surface area contributed by atoms with Crippen LogP contribution < -0.4 is 10.6 Å². The van der Waals surface area contributed by atoms with E-state index in [0.29, 0.717) is 13.2 Å². The smallest absolute Gasteiger partial charge is 0.0700 e. The quantitative estimate of drug-likeness (QED) is 0.685. The van der Waals surface area contributed by atoms with Crippen molar-refractivity contribution >= 4 is 5.69 Å². The molecule has 0 radical (unpaired) electrons. The van der Waals surface area contributed by atoms with Gasteiger partial charge in [-0.15, -0.1) is 0 Å². The third-order valence-corrected chi connectivity index (χ3v) is 3.10. The summed E-state index contributed by atoms with van der Waals surface area (Å²) in [4.78, 5) is 0. The number of para-hydroxylation sites is 1. The van der Waals surface area contributed by atoms with Gasteiger partial charge < -0.3 is 20.1 Å². The molecule has 0 bridgehead atoms. The third-order valence-electron chi connectivity index (χ3n) is 3.10. The number of benzene rings is 1. The number of anilines is 1. The zero-order chi connectivity index (χ0) is 12.6. The summed E-state index contributed by atoms with van der Waals surface area (Å²) in [5.74, 6) is 0. The first-order valence-corrected chi connectivity index (χ1v) is 6.54. The van der Waals surface area contributed by atoms with E-state index in [1.807, 2.05) is 0 Å². The van der Waals surface area contributed by atoms with Gasteiger partial charge in [0.1, 0.15) is 0 Å². The fraction of sp³-hybridized carbons (Fsp3) is 0.571. The predicted molar refractivity (Wildman–Crippen MR) is 73.0 cm³/mol. The second-order valence-corrected chi connectivity index (χ2v) is 4.41. The highest BCUT2D eigenvalue weighted by Crippen LogP contribution is 2.25. The average molecular weight is 250 g/mol. The summed E-state index contributed by atoms with van der Waals surface area (Å²) in [6, 6.07) is 6.51. The molecule has 2 N–H and O–H groups in total. The van der Waals surface area contributed by atoms with Crippen LogP contribution in [-0.4, -0.2) is 40.0 Å². The highest BCUT2D eigenvalue weighted by molar-refractivity contribution is 5.61. The molecule has 18 heavy (non-hydrogen) atoms. The number of rotatable bonds is 8. The van der Waals surface area contributed by atoms with E-state index in [9.17, 15) is 0 Å². The van der Waals surface area contributed by atoms with Gasteiger partial charge in [-0.25, -0.2) is 0 Å². The molecule has 2 rings (SSSR count). The summed E-state index contributed by atoms with van der Waals surface area (Å²) in [5.41, 5.74) is 4.11. The zero-order valence-corrected chi connectivity index (χ0v) is 11.0. The summed E-state index contributed by atoms with van der Waals surface area (Å²) >= 11 is 0. The number of hydrogen-bond acceptors (Lipinski definition) is 4. The minimum atomic E-state index is 0.663. The number of methoxy groups -OCH3 is 1. The van der Waals surface area contributed by atoms with E-state index < -0.39 is 0 Å². The lowest BCUT2D eigenvalue weighted by Gasteiger charge is -2.10. The maximum atomic E-state index is 5.40. The van der Waals surface area contributed by atoms with Crippen LogP contribution in [0, 0.1) is 0 Å². The second-order valence-electron chi connectivity index (χ2n) is 4.41. The first-order valence-electron chi connectivity index (χ1n) is 6.54. The summed E-state index contributed by atoms with van der Waals surface area (Å²) in [5, 5.41) is 6.85. The van der Waals surface area contributed by atoms with Crippen molar-refractivity contribution < 1.29 is 9.47 Å². The lowest BCUT2D eigenvalue weighted by atomic mass is 10.1. The van der Waals surface area contributed by atoms with Gasteiger partial charge in [0.25, 0.3) is 0 Å². The zero-order valence-electron chi connectivity index (χ0n) is 11.0. The van der Waals surface area contributed by atoms with Crippen LogP contribution in [-0.2, 0) is 22.4 Å². The van der Waals surface area contributed by atoms with Crippen LogP contribution in [0.25, 0.3) is 0 Å². The Kier molecular flexibility index (Phi) is 5.45. The molecule has 1 aliphatic heterocycles. The van der Waals surface area contributed by atoms with E-state index in [0.717, 1.165) is 32.7 Å². The Morgan fingerprint density at radius 3 is 3.11 bits per heavy atom. The summed E-state index contributed by atoms with van der Waals surface area (Å²) in [7, 11) is 1.69. The van der Waals surface area contributed by atoms with Crippen molar-refractivity contribution in [1.82, 2.24) is 5.32 Å². The van der Waals surface area contributed by atoms with Crippen LogP contribution >= 0.6 is 0 Å². The molecular weight excluding hydrogens is 228 g/mol. The van der Waals surface area contributed by atoms with Crippen LogP contribution in [0.3, 0.4) is 0 Å². The topological polar surface area (TPSA) is 42.5 Å². The Hall–Kier alpha value is -1.10. The van der Waals surface area contributed by atoms with Crippen molar-refractivity contribution in [3.05, 3.63) is 29.3 Å². The third kappa shape index (κ3) is 3.70. The fourth-order valence-corrected chi connectivity index (χ4v) is 2.17. The van der Waals surface area contributed by atoms with Crippen LogP contribution in [0.15, 0.2) is 18.2 Å². The lowest BCUT2D eigenvalue weighted by Crippen LogP contribution is -2.20. The summed E-state index contributed by atoms with van der Waals surface area (Å²) in [6.45, 7) is 4.88. The average Bonchev–Trinajstić information content (AvgIpc) is 2.86. The van der Waals surface area contributed by atoms with Crippen molar-refractivity contribution in [3.63, 3.8) is 0 Å². The maximum Gasteiger partial charge on any atom is 0.0700 e. The van der Waals surface area contributed by atoms with E-state index in [4.69, 9.17) is 9.47 Å². The van der Waals surface area contributed by atoms with Gasteiger partial charge in [0.2, 0.25) is 0 Å². The number of hydrogen-bond donors (Lipinski definition) is 2. The van der Waals surface area contributed by atoms with E-state index in [1.54, 1.807) is 7.11 Å². The van der Waals surface area contributed by atoms with E-state index in [2.05, 4.69) is 28.8 Å². The second kappa shape index (κ2) is 7.36. The largest absolute Gasteiger partial charge is 0.384 e. The first kappa shape index (κ1) is 13.3. The van der Waals surface area contributed by atoms with Crippen molar-refractivity contribution in [2.45, 2.75) is 13.0 Å². The fourth-order valence-electron chi connectivity index (χ4n) is 2.17. The molecule has 0 unspecified atom stereocenters. The highest BCUT2D eigenvalue weighted by Gasteiger charge is 2.12. The van der Waals surface area contributed by atoms with Crippen molar-refractivity contribution in [2.24, 2.45) is 0 Å². The van der Waals surface area contributed by atoms with E-state index in [1.165, 1.54) is 16.8 Å². The standard InChI is InChI=1S/C14H22N2O2/c1-17-9-10-18-8-7-15-11-13-4-2-3-12-5-6-16-14(12)13/h2-4,15-16H,5-11H2,1H3. The predicted octanol–water partition coefficient (Wildman–Crippen LogP) is 1.41. The molecule has 0 spiro atoms. The molecule has 0 saturated heterocycles. The maximum absolute atomic E-state index is 5.40. The highest BCUT2D eigenvalue weighted by atomic mass is 16.5. The monoisotopic (exact) mass is 250 g/mol. The SMILES string of the molecule is COCCOCCNCc1cccc2c1NCC2. The Bertz CT molecular complexity index is 369. The van der Waals surface area contributed by atoms with E-state index >= 15 is 0 Å².